The van der Waals surface area contributed by atoms with Crippen LogP contribution in [0.4, 0.5) is 0 Å². The molecule has 0 saturated carbocycles. The quantitative estimate of drug-likeness (QED) is 0.544. The van der Waals surface area contributed by atoms with Gasteiger partial charge in [-0.15, -0.1) is 0 Å². The Kier molecular flexibility index (Phi) is 3.00. The normalized spacial score (nSPS) is 11.3. The van der Waals surface area contributed by atoms with Gasteiger partial charge in [-0.05, 0) is 23.8 Å². The lowest BCUT2D eigenvalue weighted by atomic mass is 10.1. The van der Waals surface area contributed by atoms with E-state index in [4.69, 9.17) is 0 Å². The van der Waals surface area contributed by atoms with Crippen LogP contribution < -0.4 is 0 Å². The second-order valence-corrected chi connectivity index (χ2v) is 5.97. The first kappa shape index (κ1) is 12.6. The average molecular weight is 337 g/mol. The number of aromatic nitrogens is 2. The van der Waals surface area contributed by atoms with Gasteiger partial charge in [0.1, 0.15) is 0 Å². The van der Waals surface area contributed by atoms with Gasteiger partial charge in [0.25, 0.3) is 0 Å². The highest BCUT2D eigenvalue weighted by atomic mass is 79.9. The number of hydrogen-bond donors (Lipinski definition) is 1. The molecule has 102 valence electrons. The Hall–Kier alpha value is -2.13. The zero-order valence-electron chi connectivity index (χ0n) is 11.3. The summed E-state index contributed by atoms with van der Waals surface area (Å²) in [6.07, 6.45) is 2.71. The van der Waals surface area contributed by atoms with Crippen molar-refractivity contribution in [1.29, 1.82) is 0 Å². The minimum absolute atomic E-state index is 0.811. The molecule has 0 aliphatic carbocycles. The SMILES string of the molecule is Brc1ccccc1Cc1nccc2c1[nH]c1ccccc12. The van der Waals surface area contributed by atoms with Crippen molar-refractivity contribution >= 4 is 37.7 Å². The Labute approximate surface area is 131 Å². The minimum atomic E-state index is 0.811. The lowest BCUT2D eigenvalue weighted by molar-refractivity contribution is 1.08. The van der Waals surface area contributed by atoms with Gasteiger partial charge in [0, 0.05) is 33.4 Å². The van der Waals surface area contributed by atoms with E-state index in [0.29, 0.717) is 0 Å². The van der Waals surface area contributed by atoms with E-state index in [1.807, 2.05) is 12.3 Å². The number of H-pyrrole nitrogens is 1. The van der Waals surface area contributed by atoms with Crippen LogP contribution in [-0.4, -0.2) is 9.97 Å². The first-order valence-electron chi connectivity index (χ1n) is 6.90. The third kappa shape index (κ3) is 2.14. The number of fused-ring (bicyclic) bond motifs is 3. The Morgan fingerprint density at radius 2 is 1.71 bits per heavy atom. The summed E-state index contributed by atoms with van der Waals surface area (Å²) in [5.41, 5.74) is 4.62. The summed E-state index contributed by atoms with van der Waals surface area (Å²) in [7, 11) is 0. The summed E-state index contributed by atoms with van der Waals surface area (Å²) >= 11 is 3.61. The van der Waals surface area contributed by atoms with E-state index >= 15 is 0 Å². The molecule has 2 aromatic heterocycles. The van der Waals surface area contributed by atoms with Gasteiger partial charge in [-0.1, -0.05) is 52.3 Å². The van der Waals surface area contributed by atoms with Crippen LogP contribution in [0.5, 0.6) is 0 Å². The number of hydrogen-bond acceptors (Lipinski definition) is 1. The second-order valence-electron chi connectivity index (χ2n) is 5.12. The van der Waals surface area contributed by atoms with E-state index in [0.717, 1.165) is 27.6 Å². The summed E-state index contributed by atoms with van der Waals surface area (Å²) in [6, 6.07) is 18.8. The maximum atomic E-state index is 4.59. The largest absolute Gasteiger partial charge is 0.353 e. The fourth-order valence-electron chi connectivity index (χ4n) is 2.79. The van der Waals surface area contributed by atoms with Gasteiger partial charge in [-0.25, -0.2) is 0 Å². The van der Waals surface area contributed by atoms with E-state index < -0.39 is 0 Å². The van der Waals surface area contributed by atoms with Crippen molar-refractivity contribution in [3.63, 3.8) is 0 Å². The molecule has 0 saturated heterocycles. The van der Waals surface area contributed by atoms with Crippen LogP contribution in [0.1, 0.15) is 11.3 Å². The van der Waals surface area contributed by atoms with Crippen molar-refractivity contribution in [3.8, 4) is 0 Å². The van der Waals surface area contributed by atoms with Crippen molar-refractivity contribution in [3.05, 3.63) is 76.5 Å². The Morgan fingerprint density at radius 3 is 2.62 bits per heavy atom. The average Bonchev–Trinajstić information content (AvgIpc) is 2.89. The molecule has 2 heterocycles. The molecule has 0 fully saturated rings. The highest BCUT2D eigenvalue weighted by Crippen LogP contribution is 2.28. The highest BCUT2D eigenvalue weighted by molar-refractivity contribution is 9.10. The number of nitrogens with one attached hydrogen (secondary N) is 1. The van der Waals surface area contributed by atoms with Crippen molar-refractivity contribution in [2.24, 2.45) is 0 Å². The molecule has 1 N–H and O–H groups in total. The molecule has 0 unspecified atom stereocenters. The Morgan fingerprint density at radius 1 is 0.905 bits per heavy atom. The van der Waals surface area contributed by atoms with Crippen LogP contribution in [0.3, 0.4) is 0 Å². The molecular weight excluding hydrogens is 324 g/mol. The topological polar surface area (TPSA) is 28.7 Å². The van der Waals surface area contributed by atoms with Gasteiger partial charge in [0.05, 0.1) is 11.2 Å². The fourth-order valence-corrected chi connectivity index (χ4v) is 3.21. The van der Waals surface area contributed by atoms with Gasteiger partial charge in [0.2, 0.25) is 0 Å². The minimum Gasteiger partial charge on any atom is -0.353 e. The lowest BCUT2D eigenvalue weighted by Crippen LogP contribution is -1.94. The fraction of sp³-hybridized carbons (Fsp3) is 0.0556. The molecule has 3 heteroatoms. The zero-order valence-corrected chi connectivity index (χ0v) is 12.9. The maximum absolute atomic E-state index is 4.59. The smallest absolute Gasteiger partial charge is 0.0688 e. The number of pyridine rings is 1. The van der Waals surface area contributed by atoms with Crippen LogP contribution in [0.15, 0.2) is 65.3 Å². The third-order valence-electron chi connectivity index (χ3n) is 3.82. The second kappa shape index (κ2) is 5.01. The molecule has 2 nitrogen and oxygen atoms in total. The summed E-state index contributed by atoms with van der Waals surface area (Å²) in [5.74, 6) is 0. The number of para-hydroxylation sites is 1. The monoisotopic (exact) mass is 336 g/mol. The molecule has 2 aromatic carbocycles. The standard InChI is InChI=1S/C18H13BrN2/c19-15-7-3-1-5-12(15)11-17-18-14(9-10-20-17)13-6-2-4-8-16(13)21-18/h1-10,21H,11H2. The number of rotatable bonds is 2. The zero-order chi connectivity index (χ0) is 14.2. The summed E-state index contributed by atoms with van der Waals surface area (Å²) in [5, 5.41) is 2.49. The Bertz CT molecular complexity index is 940. The van der Waals surface area contributed by atoms with Crippen molar-refractivity contribution in [1.82, 2.24) is 9.97 Å². The van der Waals surface area contributed by atoms with Gasteiger partial charge < -0.3 is 4.98 Å². The summed E-state index contributed by atoms with van der Waals surface area (Å²) in [4.78, 5) is 8.09. The van der Waals surface area contributed by atoms with Gasteiger partial charge in [-0.2, -0.15) is 0 Å². The number of halogens is 1. The molecule has 0 aliphatic heterocycles. The van der Waals surface area contributed by atoms with Crippen molar-refractivity contribution < 1.29 is 0 Å². The van der Waals surface area contributed by atoms with Crippen LogP contribution in [0.2, 0.25) is 0 Å². The Balaban J connectivity index is 1.91. The molecule has 0 aliphatic rings. The van der Waals surface area contributed by atoms with E-state index in [9.17, 15) is 0 Å². The molecule has 21 heavy (non-hydrogen) atoms. The molecule has 0 bridgehead atoms. The van der Waals surface area contributed by atoms with E-state index in [1.165, 1.54) is 16.3 Å². The number of aromatic amines is 1. The van der Waals surface area contributed by atoms with Gasteiger partial charge >= 0.3 is 0 Å². The molecule has 0 atom stereocenters. The molecule has 0 radical (unpaired) electrons. The molecule has 4 rings (SSSR count). The summed E-state index contributed by atoms with van der Waals surface area (Å²) in [6.45, 7) is 0. The number of nitrogens with zero attached hydrogens (tertiary/aromatic N) is 1. The van der Waals surface area contributed by atoms with E-state index in [1.54, 1.807) is 0 Å². The van der Waals surface area contributed by atoms with Crippen molar-refractivity contribution in [2.75, 3.05) is 0 Å². The van der Waals surface area contributed by atoms with E-state index in [-0.39, 0.29) is 0 Å². The molecule has 4 aromatic rings. The van der Waals surface area contributed by atoms with Crippen LogP contribution >= 0.6 is 15.9 Å². The predicted octanol–water partition coefficient (Wildman–Crippen LogP) is 5.07. The lowest BCUT2D eigenvalue weighted by Gasteiger charge is -2.05. The van der Waals surface area contributed by atoms with Gasteiger partial charge in [-0.3, -0.25) is 4.98 Å². The number of benzene rings is 2. The van der Waals surface area contributed by atoms with Crippen molar-refractivity contribution in [2.45, 2.75) is 6.42 Å². The third-order valence-corrected chi connectivity index (χ3v) is 4.60. The molecular formula is C18H13BrN2. The van der Waals surface area contributed by atoms with Crippen LogP contribution in [0.25, 0.3) is 21.8 Å². The first-order valence-corrected chi connectivity index (χ1v) is 7.70. The van der Waals surface area contributed by atoms with Crippen LogP contribution in [-0.2, 0) is 6.42 Å². The molecule has 0 spiro atoms. The first-order chi connectivity index (χ1) is 10.3. The van der Waals surface area contributed by atoms with Crippen LogP contribution in [0, 0.1) is 0 Å². The maximum Gasteiger partial charge on any atom is 0.0688 e. The predicted molar refractivity (Wildman–Crippen MR) is 90.5 cm³/mol. The van der Waals surface area contributed by atoms with E-state index in [2.05, 4.69) is 74.4 Å². The van der Waals surface area contributed by atoms with Gasteiger partial charge in [0.15, 0.2) is 0 Å². The molecule has 0 amide bonds. The summed E-state index contributed by atoms with van der Waals surface area (Å²) < 4.78 is 1.12. The highest BCUT2D eigenvalue weighted by Gasteiger charge is 2.10.